The number of methoxy groups -OCH3 is 1. The quantitative estimate of drug-likeness (QED) is 0.562. The summed E-state index contributed by atoms with van der Waals surface area (Å²) in [7, 11) is 3.48. The van der Waals surface area contributed by atoms with E-state index in [1.807, 2.05) is 30.5 Å². The largest absolute Gasteiger partial charge is 0.496 e. The Bertz CT molecular complexity index is 775. The molecule has 0 spiro atoms. The summed E-state index contributed by atoms with van der Waals surface area (Å²) in [5.41, 5.74) is 2.33. The monoisotopic (exact) mass is 383 g/mol. The molecule has 0 atom stereocenters. The van der Waals surface area contributed by atoms with E-state index in [0.29, 0.717) is 6.54 Å². The third-order valence-electron chi connectivity index (χ3n) is 4.73. The molecule has 0 amide bonds. The van der Waals surface area contributed by atoms with E-state index in [0.717, 1.165) is 62.4 Å². The number of benzene rings is 1. The van der Waals surface area contributed by atoms with Gasteiger partial charge in [-0.05, 0) is 24.1 Å². The van der Waals surface area contributed by atoms with Crippen molar-refractivity contribution < 1.29 is 9.47 Å². The number of aliphatic imine (C=N–C) groups is 1. The number of ether oxygens (including phenoxy) is 2. The Kier molecular flexibility index (Phi) is 7.49. The van der Waals surface area contributed by atoms with E-state index in [1.165, 1.54) is 5.56 Å². The second kappa shape index (κ2) is 10.5. The molecular formula is C21H29N5O2. The van der Waals surface area contributed by atoms with Crippen molar-refractivity contribution in [1.29, 1.82) is 0 Å². The Morgan fingerprint density at radius 2 is 1.93 bits per heavy atom. The third-order valence-corrected chi connectivity index (χ3v) is 4.73. The lowest BCUT2D eigenvalue weighted by atomic mass is 10.1. The van der Waals surface area contributed by atoms with Crippen LogP contribution < -0.4 is 20.3 Å². The van der Waals surface area contributed by atoms with Crippen molar-refractivity contribution in [1.82, 2.24) is 15.6 Å². The summed E-state index contributed by atoms with van der Waals surface area (Å²) in [5.74, 6) is 2.70. The molecule has 1 aliphatic rings. The summed E-state index contributed by atoms with van der Waals surface area (Å²) in [4.78, 5) is 11.2. The first-order valence-electron chi connectivity index (χ1n) is 9.65. The molecule has 1 aromatic heterocycles. The summed E-state index contributed by atoms with van der Waals surface area (Å²) in [6, 6.07) is 12.2. The van der Waals surface area contributed by atoms with Gasteiger partial charge in [0, 0.05) is 45.0 Å². The average Bonchev–Trinajstić information content (AvgIpc) is 2.77. The van der Waals surface area contributed by atoms with Crippen LogP contribution in [0.2, 0.25) is 0 Å². The Morgan fingerprint density at radius 3 is 2.71 bits per heavy atom. The predicted molar refractivity (Wildman–Crippen MR) is 112 cm³/mol. The Hall–Kier alpha value is -2.80. The maximum Gasteiger partial charge on any atom is 0.191 e. The summed E-state index contributed by atoms with van der Waals surface area (Å²) < 4.78 is 10.9. The van der Waals surface area contributed by atoms with Gasteiger partial charge in [-0.2, -0.15) is 0 Å². The SMILES string of the molecule is CN=C(NCCc1ccccc1OC)NCc1cccnc1N1CCOCC1. The Morgan fingerprint density at radius 1 is 1.14 bits per heavy atom. The van der Waals surface area contributed by atoms with Gasteiger partial charge in [0.05, 0.1) is 20.3 Å². The van der Waals surface area contributed by atoms with Crippen LogP contribution in [0.1, 0.15) is 11.1 Å². The normalized spacial score (nSPS) is 14.6. The summed E-state index contributed by atoms with van der Waals surface area (Å²) >= 11 is 0. The molecule has 0 saturated carbocycles. The number of hydrogen-bond acceptors (Lipinski definition) is 5. The molecule has 7 heteroatoms. The van der Waals surface area contributed by atoms with Gasteiger partial charge in [-0.15, -0.1) is 0 Å². The number of nitrogens with zero attached hydrogens (tertiary/aromatic N) is 3. The van der Waals surface area contributed by atoms with Crippen LogP contribution in [0.25, 0.3) is 0 Å². The molecule has 3 rings (SSSR count). The molecule has 0 unspecified atom stereocenters. The number of rotatable bonds is 7. The molecule has 0 bridgehead atoms. The van der Waals surface area contributed by atoms with Crippen molar-refractivity contribution >= 4 is 11.8 Å². The molecule has 1 aromatic carbocycles. The van der Waals surface area contributed by atoms with Gasteiger partial charge in [0.2, 0.25) is 0 Å². The minimum atomic E-state index is 0.662. The zero-order valence-electron chi connectivity index (χ0n) is 16.6. The molecule has 2 N–H and O–H groups in total. The van der Waals surface area contributed by atoms with E-state index in [1.54, 1.807) is 14.2 Å². The highest BCUT2D eigenvalue weighted by atomic mass is 16.5. The number of para-hydroxylation sites is 1. The van der Waals surface area contributed by atoms with Gasteiger partial charge in [0.15, 0.2) is 5.96 Å². The van der Waals surface area contributed by atoms with Gasteiger partial charge in [-0.3, -0.25) is 4.99 Å². The Balaban J connectivity index is 1.53. The average molecular weight is 383 g/mol. The minimum absolute atomic E-state index is 0.662. The lowest BCUT2D eigenvalue weighted by Crippen LogP contribution is -2.40. The maximum atomic E-state index is 5.45. The fourth-order valence-electron chi connectivity index (χ4n) is 3.25. The standard InChI is InChI=1S/C21H29N5O2/c1-22-21(24-11-9-17-6-3-4-8-19(17)27-2)25-16-18-7-5-10-23-20(18)26-12-14-28-15-13-26/h3-8,10H,9,11-16H2,1-2H3,(H2,22,24,25). The first-order chi connectivity index (χ1) is 13.8. The molecule has 0 radical (unpaired) electrons. The second-order valence-electron chi connectivity index (χ2n) is 6.50. The molecule has 0 aliphatic carbocycles. The van der Waals surface area contributed by atoms with Crippen LogP contribution >= 0.6 is 0 Å². The summed E-state index contributed by atoms with van der Waals surface area (Å²) in [5, 5.41) is 6.76. The molecule has 1 aliphatic heterocycles. The van der Waals surface area contributed by atoms with Gasteiger partial charge in [0.25, 0.3) is 0 Å². The molecule has 2 heterocycles. The van der Waals surface area contributed by atoms with E-state index in [-0.39, 0.29) is 0 Å². The highest BCUT2D eigenvalue weighted by Gasteiger charge is 2.15. The van der Waals surface area contributed by atoms with Crippen molar-refractivity contribution in [3.63, 3.8) is 0 Å². The minimum Gasteiger partial charge on any atom is -0.496 e. The second-order valence-corrected chi connectivity index (χ2v) is 6.50. The zero-order valence-corrected chi connectivity index (χ0v) is 16.6. The highest BCUT2D eigenvalue weighted by Crippen LogP contribution is 2.18. The number of hydrogen-bond donors (Lipinski definition) is 2. The number of aromatic nitrogens is 1. The van der Waals surface area contributed by atoms with Crippen molar-refractivity contribution in [2.45, 2.75) is 13.0 Å². The highest BCUT2D eigenvalue weighted by molar-refractivity contribution is 5.79. The van der Waals surface area contributed by atoms with Crippen LogP contribution in [0, 0.1) is 0 Å². The van der Waals surface area contributed by atoms with E-state index in [2.05, 4.69) is 37.6 Å². The fourth-order valence-corrected chi connectivity index (χ4v) is 3.25. The van der Waals surface area contributed by atoms with E-state index in [9.17, 15) is 0 Å². The molecule has 1 fully saturated rings. The van der Waals surface area contributed by atoms with Gasteiger partial charge in [0.1, 0.15) is 11.6 Å². The third kappa shape index (κ3) is 5.36. The van der Waals surface area contributed by atoms with Crippen LogP contribution in [0.4, 0.5) is 5.82 Å². The summed E-state index contributed by atoms with van der Waals surface area (Å²) in [6.45, 7) is 4.66. The van der Waals surface area contributed by atoms with Crippen LogP contribution in [0.3, 0.4) is 0 Å². The molecule has 1 saturated heterocycles. The van der Waals surface area contributed by atoms with Crippen molar-refractivity contribution in [2.75, 3.05) is 51.9 Å². The Labute approximate surface area is 166 Å². The van der Waals surface area contributed by atoms with Crippen molar-refractivity contribution in [3.05, 3.63) is 53.7 Å². The zero-order chi connectivity index (χ0) is 19.6. The number of morpholine rings is 1. The van der Waals surface area contributed by atoms with Gasteiger partial charge in [-0.1, -0.05) is 24.3 Å². The maximum absolute atomic E-state index is 5.45. The van der Waals surface area contributed by atoms with Crippen LogP contribution in [-0.4, -0.2) is 57.9 Å². The summed E-state index contributed by atoms with van der Waals surface area (Å²) in [6.07, 6.45) is 2.70. The van der Waals surface area contributed by atoms with Gasteiger partial charge >= 0.3 is 0 Å². The van der Waals surface area contributed by atoms with E-state index >= 15 is 0 Å². The number of pyridine rings is 1. The van der Waals surface area contributed by atoms with E-state index < -0.39 is 0 Å². The first kappa shape index (κ1) is 19.9. The van der Waals surface area contributed by atoms with Gasteiger partial charge < -0.3 is 25.0 Å². The number of anilines is 1. The fraction of sp³-hybridized carbons (Fsp3) is 0.429. The number of guanidine groups is 1. The predicted octanol–water partition coefficient (Wildman–Crippen LogP) is 1.83. The molecule has 7 nitrogen and oxygen atoms in total. The molecular weight excluding hydrogens is 354 g/mol. The molecule has 2 aromatic rings. The van der Waals surface area contributed by atoms with Crippen LogP contribution in [0.15, 0.2) is 47.6 Å². The molecule has 28 heavy (non-hydrogen) atoms. The van der Waals surface area contributed by atoms with Gasteiger partial charge in [-0.25, -0.2) is 4.98 Å². The van der Waals surface area contributed by atoms with Crippen LogP contribution in [0.5, 0.6) is 5.75 Å². The van der Waals surface area contributed by atoms with Crippen molar-refractivity contribution in [3.8, 4) is 5.75 Å². The van der Waals surface area contributed by atoms with Crippen molar-refractivity contribution in [2.24, 2.45) is 4.99 Å². The van der Waals surface area contributed by atoms with E-state index in [4.69, 9.17) is 9.47 Å². The first-order valence-corrected chi connectivity index (χ1v) is 9.65. The molecule has 150 valence electrons. The lowest BCUT2D eigenvalue weighted by molar-refractivity contribution is 0.122. The topological polar surface area (TPSA) is 71.0 Å². The lowest BCUT2D eigenvalue weighted by Gasteiger charge is -2.29. The van der Waals surface area contributed by atoms with Crippen LogP contribution in [-0.2, 0) is 17.7 Å². The number of nitrogens with one attached hydrogen (secondary N) is 2. The smallest absolute Gasteiger partial charge is 0.191 e.